The summed E-state index contributed by atoms with van der Waals surface area (Å²) < 4.78 is 20.9. The number of hydrogen-bond acceptors (Lipinski definition) is 20. The summed E-state index contributed by atoms with van der Waals surface area (Å²) >= 11 is 0. The van der Waals surface area contributed by atoms with Crippen LogP contribution in [-0.4, -0.2) is 178 Å². The van der Waals surface area contributed by atoms with Gasteiger partial charge in [0.25, 0.3) is 17.7 Å². The number of carboxylic acids is 2. The number of hydrogen-bond donors (Lipinski definition) is 14. The lowest BCUT2D eigenvalue weighted by Crippen LogP contribution is -2.52. The smallest absolute Gasteiger partial charge is 0.407 e. The number of benzene rings is 8. The molecule has 4 atom stereocenters. The first kappa shape index (κ1) is 90.3. The van der Waals surface area contributed by atoms with Crippen LogP contribution in [0.25, 0.3) is 44.5 Å². The maximum absolute atomic E-state index is 12.4. The topological polar surface area (TPSA) is 464 Å². The van der Waals surface area contributed by atoms with Crippen molar-refractivity contribution < 1.29 is 96.8 Å². The van der Waals surface area contributed by atoms with Gasteiger partial charge in [0.1, 0.15) is 44.0 Å². The first-order chi connectivity index (χ1) is 55.9. The van der Waals surface area contributed by atoms with E-state index in [1.54, 1.807) is 19.1 Å². The Morgan fingerprint density at radius 2 is 0.750 bits per heavy atom. The number of amides is 9. The van der Waals surface area contributed by atoms with Crippen molar-refractivity contribution in [3.8, 4) is 44.5 Å². The molecule has 31 nitrogen and oxygen atoms in total. The van der Waals surface area contributed by atoms with Crippen molar-refractivity contribution in [2.75, 3.05) is 72.9 Å². The number of aryl methyl sites for hydroxylation is 1. The van der Waals surface area contributed by atoms with Gasteiger partial charge in [0.05, 0.1) is 13.7 Å². The van der Waals surface area contributed by atoms with E-state index >= 15 is 0 Å². The molecule has 1 fully saturated rings. The number of nitrogens with one attached hydrogen (secondary N) is 9. The van der Waals surface area contributed by atoms with Crippen LogP contribution in [-0.2, 0) is 68.6 Å². The summed E-state index contributed by atoms with van der Waals surface area (Å²) in [5, 5.41) is 43.7. The monoisotopic (exact) mass is 1590 g/mol. The van der Waals surface area contributed by atoms with Gasteiger partial charge < -0.3 is 76.9 Å². The molecule has 9 amide bonds. The molecule has 4 aliphatic rings. The number of ether oxygens (including phenoxy) is 4. The van der Waals surface area contributed by atoms with Gasteiger partial charge in [-0.05, 0) is 122 Å². The van der Waals surface area contributed by atoms with Crippen LogP contribution in [0.1, 0.15) is 115 Å². The molecular weight excluding hydrogens is 1490 g/mol. The molecule has 0 bridgehead atoms. The highest BCUT2D eigenvalue weighted by atomic mass is 16.7. The quantitative estimate of drug-likeness (QED) is 0.0138. The highest BCUT2D eigenvalue weighted by molar-refractivity contribution is 5.98. The van der Waals surface area contributed by atoms with E-state index in [9.17, 15) is 52.7 Å². The number of aliphatic carboxylic acids is 2. The largest absolute Gasteiger partial charge is 0.480 e. The fourth-order valence-electron chi connectivity index (χ4n) is 12.7. The molecule has 31 heteroatoms. The van der Waals surface area contributed by atoms with Gasteiger partial charge in [0, 0.05) is 83.5 Å². The lowest BCUT2D eigenvalue weighted by Gasteiger charge is -2.19. The zero-order valence-corrected chi connectivity index (χ0v) is 65.1. The number of nitrogens with two attached hydrogens (primary N) is 2. The van der Waals surface area contributed by atoms with Crippen LogP contribution in [0.15, 0.2) is 194 Å². The van der Waals surface area contributed by atoms with E-state index in [0.29, 0.717) is 5.56 Å². The lowest BCUT2D eigenvalue weighted by molar-refractivity contribution is -0.140. The zero-order chi connectivity index (χ0) is 84.1. The second kappa shape index (κ2) is 46.9. The lowest BCUT2D eigenvalue weighted by atomic mass is 9.98. The number of carboxylic acid groups (broad SMARTS) is 2. The average molecular weight is 1590 g/mol. The van der Waals surface area contributed by atoms with Crippen molar-refractivity contribution in [1.82, 2.24) is 48.2 Å². The number of fused-ring (bicyclic) bond motifs is 9. The molecule has 3 aliphatic carbocycles. The SMILES string of the molecule is C1CCOC1.CC(=O)NC[C@H](NC(=O)OCC1c2ccccc2-c2ccccc21)C(=O)O.CCONC(=O)[C@H](CNC(C)=O)NC(=O)OCC1c2ccccc2-c2ccccc21.CCc1ccc(-c2ccc(C(=O)N[C@@H](CNC(C)=O)C(=O)NO)cc2)cc1.CON.NC[C@H](NC(=O)OCC1c2ccccc2-c2ccccc21)C(=O)O. The number of hydroxylamine groups is 2. The van der Waals surface area contributed by atoms with E-state index in [0.717, 1.165) is 97.5 Å². The summed E-state index contributed by atoms with van der Waals surface area (Å²) in [6.07, 6.45) is 1.16. The standard InChI is InChI=1S/C22H25N3O5.C20H23N3O4.C20H20N2O5.C18H18N2O4.C4H8O.CH5NO/c1-3-30-25-21(27)20(12-23-14(2)26)24-22(28)29-13-19-17-10-6-4-8-15(17)16-9-5-7-11-18(16)19;1-3-14-4-6-15(7-5-14)16-8-10-17(11-9-16)19(25)22-18(20(26)23-27)12-21-13(2)24;1-12(23)21-10-18(19(24)25)22-20(26)27-11-17-15-8-4-2-6-13(15)14-7-3-5-9-16(14)17;19-9-16(17(21)22)20-18(23)24-10-15-13-7-3-1-5-11(13)12-6-2-4-8-14(12)15;1-2-4-5-3-1;1-3-2/h4-11,19-20H,3,12-13H2,1-2H3,(H,23,26)(H,24,28)(H,25,27);4-11,18,27H,3,12H2,1-2H3,(H,21,24)(H,22,25)(H,23,26);2-9,17-18H,10-11H2,1H3,(H,21,23)(H,22,26)(H,24,25);1-8,15-16H,9-10,19H2,(H,20,23)(H,21,22);1-4H2;2H2,1H3/t20-;2*18-;16-;;/m0000../s1. The molecule has 1 heterocycles. The molecule has 0 spiro atoms. The van der Waals surface area contributed by atoms with E-state index in [1.807, 2.05) is 158 Å². The second-order valence-electron chi connectivity index (χ2n) is 26.4. The molecule has 1 aliphatic heterocycles. The fourth-order valence-corrected chi connectivity index (χ4v) is 12.7. The van der Waals surface area contributed by atoms with Gasteiger partial charge in [-0.25, -0.2) is 40.8 Å². The van der Waals surface area contributed by atoms with Crippen molar-refractivity contribution in [1.29, 1.82) is 0 Å². The maximum Gasteiger partial charge on any atom is 0.407 e. The van der Waals surface area contributed by atoms with Gasteiger partial charge in [0.2, 0.25) is 17.7 Å². The predicted molar refractivity (Wildman–Crippen MR) is 430 cm³/mol. The molecule has 8 aromatic carbocycles. The van der Waals surface area contributed by atoms with E-state index in [4.69, 9.17) is 44.9 Å². The van der Waals surface area contributed by atoms with Crippen molar-refractivity contribution in [3.05, 3.63) is 239 Å². The molecule has 8 aromatic rings. The number of carbonyl (C=O) groups excluding carboxylic acids is 9. The summed E-state index contributed by atoms with van der Waals surface area (Å²) in [5.41, 5.74) is 25.9. The van der Waals surface area contributed by atoms with Crippen LogP contribution in [0.3, 0.4) is 0 Å². The van der Waals surface area contributed by atoms with Crippen molar-refractivity contribution in [2.24, 2.45) is 11.6 Å². The summed E-state index contributed by atoms with van der Waals surface area (Å²) in [5.74, 6) is -1.29. The Bertz CT molecular complexity index is 4500. The first-order valence-corrected chi connectivity index (χ1v) is 37.4. The molecule has 0 aromatic heterocycles. The van der Waals surface area contributed by atoms with Gasteiger partial charge in [-0.15, -0.1) is 0 Å². The van der Waals surface area contributed by atoms with Crippen molar-refractivity contribution in [3.63, 3.8) is 0 Å². The second-order valence-corrected chi connectivity index (χ2v) is 26.4. The van der Waals surface area contributed by atoms with Crippen LogP contribution < -0.4 is 59.8 Å². The highest BCUT2D eigenvalue weighted by Crippen LogP contribution is 2.47. The Morgan fingerprint density at radius 3 is 1.04 bits per heavy atom. The van der Waals surface area contributed by atoms with Crippen LogP contribution in [0.4, 0.5) is 14.4 Å². The minimum absolute atomic E-state index is 0.0655. The summed E-state index contributed by atoms with van der Waals surface area (Å²) in [6.45, 7) is 9.69. The molecule has 0 saturated carbocycles. The van der Waals surface area contributed by atoms with Crippen molar-refractivity contribution >= 4 is 65.7 Å². The minimum Gasteiger partial charge on any atom is -0.480 e. The molecule has 1 saturated heterocycles. The van der Waals surface area contributed by atoms with Gasteiger partial charge in [0.15, 0.2) is 0 Å². The third-order valence-corrected chi connectivity index (χ3v) is 18.4. The van der Waals surface area contributed by atoms with Crippen LogP contribution in [0.2, 0.25) is 0 Å². The Morgan fingerprint density at radius 1 is 0.440 bits per heavy atom. The third-order valence-electron chi connectivity index (χ3n) is 18.4. The van der Waals surface area contributed by atoms with Crippen LogP contribution in [0.5, 0.6) is 0 Å². The zero-order valence-electron chi connectivity index (χ0n) is 65.1. The predicted octanol–water partition coefficient (Wildman–Crippen LogP) is 8.11. The van der Waals surface area contributed by atoms with Gasteiger partial charge in [-0.3, -0.25) is 38.8 Å². The Kier molecular flexibility index (Phi) is 36.5. The van der Waals surface area contributed by atoms with Gasteiger partial charge in [-0.2, -0.15) is 0 Å². The van der Waals surface area contributed by atoms with Crippen molar-refractivity contribution in [2.45, 2.75) is 95.8 Å². The molecule has 16 N–H and O–H groups in total. The molecule has 0 radical (unpaired) electrons. The molecule has 0 unspecified atom stereocenters. The van der Waals surface area contributed by atoms with Crippen LogP contribution in [0, 0.1) is 0 Å². The van der Waals surface area contributed by atoms with E-state index < -0.39 is 72.1 Å². The Balaban J connectivity index is 0.000000207. The van der Waals surface area contributed by atoms with Gasteiger partial charge in [-0.1, -0.05) is 189 Å². The van der Waals surface area contributed by atoms with E-state index in [-0.39, 0.29) is 88.1 Å². The Hall–Kier alpha value is -12.9. The maximum atomic E-state index is 12.4. The molecule has 116 heavy (non-hydrogen) atoms. The first-order valence-electron chi connectivity index (χ1n) is 37.4. The summed E-state index contributed by atoms with van der Waals surface area (Å²) in [6, 6.07) is 58.5. The highest BCUT2D eigenvalue weighted by Gasteiger charge is 2.34. The summed E-state index contributed by atoms with van der Waals surface area (Å²) in [4.78, 5) is 136. The third kappa shape index (κ3) is 26.9. The average Bonchev–Trinajstić information content (AvgIpc) is 1.63. The molecule has 614 valence electrons. The number of alkyl carbamates (subject to hydrolysis) is 3. The fraction of sp³-hybridized carbons (Fsp3) is 0.306. The number of rotatable bonds is 26. The van der Waals surface area contributed by atoms with Gasteiger partial charge >= 0.3 is 30.2 Å². The Labute approximate surface area is 671 Å². The van der Waals surface area contributed by atoms with E-state index in [2.05, 4.69) is 84.6 Å². The molecule has 12 rings (SSSR count). The minimum atomic E-state index is -1.26. The molecular formula is C85H99N11O20. The normalized spacial score (nSPS) is 13.1. The summed E-state index contributed by atoms with van der Waals surface area (Å²) in [7, 11) is 1.40. The van der Waals surface area contributed by atoms with E-state index in [1.165, 1.54) is 51.8 Å². The van der Waals surface area contributed by atoms with Crippen LogP contribution >= 0.6 is 0 Å². The number of carbonyl (C=O) groups is 11.